The summed E-state index contributed by atoms with van der Waals surface area (Å²) in [5.41, 5.74) is 3.05. The molecule has 2 N–H and O–H groups in total. The van der Waals surface area contributed by atoms with Crippen molar-refractivity contribution in [2.75, 3.05) is 5.32 Å². The van der Waals surface area contributed by atoms with Gasteiger partial charge in [-0.1, -0.05) is 18.6 Å². The van der Waals surface area contributed by atoms with E-state index in [4.69, 9.17) is 4.42 Å². The Hall–Kier alpha value is -2.30. The molecule has 0 aromatic carbocycles. The molecule has 3 rings (SSSR count). The number of furan rings is 1. The van der Waals surface area contributed by atoms with Gasteiger partial charge in [-0.25, -0.2) is 0 Å². The predicted octanol–water partition coefficient (Wildman–Crippen LogP) is 3.45. The molecule has 0 radical (unpaired) electrons. The topological polar surface area (TPSA) is 70.9 Å². The molecule has 0 fully saturated rings. The highest BCUT2D eigenvalue weighted by atomic mass is 16.3. The van der Waals surface area contributed by atoms with Crippen molar-refractivity contribution in [2.24, 2.45) is 0 Å². The van der Waals surface area contributed by atoms with Crippen LogP contribution in [0.5, 0.6) is 0 Å². The third kappa shape index (κ3) is 2.05. The summed E-state index contributed by atoms with van der Waals surface area (Å²) in [6, 6.07) is 3.73. The van der Waals surface area contributed by atoms with Crippen LogP contribution in [0.2, 0.25) is 0 Å². The zero-order valence-corrected chi connectivity index (χ0v) is 11.6. The zero-order valence-electron chi connectivity index (χ0n) is 11.6. The number of rotatable bonds is 3. The first-order valence-electron chi connectivity index (χ1n) is 6.79. The maximum atomic E-state index is 11.8. The van der Waals surface area contributed by atoms with E-state index in [0.717, 1.165) is 23.4 Å². The van der Waals surface area contributed by atoms with Crippen LogP contribution in [0.25, 0.3) is 11.5 Å². The van der Waals surface area contributed by atoms with Crippen LogP contribution >= 0.6 is 0 Å². The fourth-order valence-corrected chi connectivity index (χ4v) is 2.72. The lowest BCUT2D eigenvalue weighted by molar-refractivity contribution is -0.116. The summed E-state index contributed by atoms with van der Waals surface area (Å²) in [5.74, 6) is 1.41. The molecule has 104 valence electrons. The molecule has 0 spiro atoms. The number of hydrogen-bond donors (Lipinski definition) is 2. The van der Waals surface area contributed by atoms with E-state index < -0.39 is 0 Å². The second-order valence-corrected chi connectivity index (χ2v) is 5.00. The molecule has 0 bridgehead atoms. The summed E-state index contributed by atoms with van der Waals surface area (Å²) in [7, 11) is 0. The Kier molecular flexibility index (Phi) is 3.18. The first-order valence-corrected chi connectivity index (χ1v) is 6.79. The Balaban J connectivity index is 2.11. The van der Waals surface area contributed by atoms with Crippen LogP contribution < -0.4 is 5.32 Å². The van der Waals surface area contributed by atoms with Crippen molar-refractivity contribution in [3.8, 4) is 11.5 Å². The van der Waals surface area contributed by atoms with Gasteiger partial charge in [0.15, 0.2) is 11.6 Å². The van der Waals surface area contributed by atoms with Gasteiger partial charge in [-0.3, -0.25) is 9.89 Å². The molecule has 1 aliphatic rings. The normalized spacial score (nSPS) is 18.8. The van der Waals surface area contributed by atoms with Crippen molar-refractivity contribution < 1.29 is 9.21 Å². The third-order valence-electron chi connectivity index (χ3n) is 3.64. The molecule has 1 atom stereocenters. The van der Waals surface area contributed by atoms with Gasteiger partial charge in [0.1, 0.15) is 5.69 Å². The van der Waals surface area contributed by atoms with E-state index in [1.165, 1.54) is 5.57 Å². The number of anilines is 1. The lowest BCUT2D eigenvalue weighted by Crippen LogP contribution is -2.23. The number of amides is 1. The van der Waals surface area contributed by atoms with Gasteiger partial charge in [-0.15, -0.1) is 0 Å². The van der Waals surface area contributed by atoms with Crippen molar-refractivity contribution in [3.05, 3.63) is 35.6 Å². The fourth-order valence-electron chi connectivity index (χ4n) is 2.72. The Morgan fingerprint density at radius 3 is 3.15 bits per heavy atom. The van der Waals surface area contributed by atoms with E-state index in [2.05, 4.69) is 35.4 Å². The minimum atomic E-state index is 0.00356. The molecule has 2 aromatic rings. The third-order valence-corrected chi connectivity index (χ3v) is 3.64. The number of nitrogens with one attached hydrogen (secondary N) is 2. The van der Waals surface area contributed by atoms with Crippen LogP contribution in [0.3, 0.4) is 0 Å². The smallest absolute Gasteiger partial charge is 0.226 e. The molecule has 1 aliphatic heterocycles. The van der Waals surface area contributed by atoms with Gasteiger partial charge >= 0.3 is 0 Å². The number of H-pyrrole nitrogens is 1. The number of aromatic amines is 1. The molecule has 2 aromatic heterocycles. The predicted molar refractivity (Wildman–Crippen MR) is 76.3 cm³/mol. The summed E-state index contributed by atoms with van der Waals surface area (Å²) in [4.78, 5) is 11.8. The highest BCUT2D eigenvalue weighted by molar-refractivity contribution is 5.95. The SMILES string of the molecule is CC/C=C(\C)[C@@H]1CC(=O)Nc2n[nH]c(-c3ccco3)c21. The largest absolute Gasteiger partial charge is 0.463 e. The molecule has 0 aliphatic carbocycles. The summed E-state index contributed by atoms with van der Waals surface area (Å²) in [6.45, 7) is 4.16. The molecular formula is C15H17N3O2. The van der Waals surface area contributed by atoms with E-state index in [0.29, 0.717) is 12.2 Å². The molecule has 20 heavy (non-hydrogen) atoms. The van der Waals surface area contributed by atoms with E-state index in [1.54, 1.807) is 6.26 Å². The van der Waals surface area contributed by atoms with Gasteiger partial charge in [0.25, 0.3) is 0 Å². The molecule has 5 nitrogen and oxygen atoms in total. The Labute approximate surface area is 117 Å². The van der Waals surface area contributed by atoms with Gasteiger partial charge < -0.3 is 9.73 Å². The number of fused-ring (bicyclic) bond motifs is 1. The minimum Gasteiger partial charge on any atom is -0.463 e. The standard InChI is InChI=1S/C15H17N3O2/c1-3-5-9(2)10-8-12(19)16-15-13(10)14(17-18-15)11-6-4-7-20-11/h4-7,10H,3,8H2,1-2H3,(H2,16,17,18,19)/b9-5+/t10-/m0/s1. The van der Waals surface area contributed by atoms with Crippen molar-refractivity contribution >= 4 is 11.7 Å². The average molecular weight is 271 g/mol. The fraction of sp³-hybridized carbons (Fsp3) is 0.333. The van der Waals surface area contributed by atoms with Crippen LogP contribution in [0, 0.1) is 0 Å². The van der Waals surface area contributed by atoms with Gasteiger partial charge in [0, 0.05) is 17.9 Å². The molecule has 3 heterocycles. The molecular weight excluding hydrogens is 254 g/mol. The second-order valence-electron chi connectivity index (χ2n) is 5.00. The van der Waals surface area contributed by atoms with Crippen molar-refractivity contribution in [1.29, 1.82) is 0 Å². The van der Waals surface area contributed by atoms with Crippen molar-refractivity contribution in [3.63, 3.8) is 0 Å². The maximum Gasteiger partial charge on any atom is 0.226 e. The highest BCUT2D eigenvalue weighted by Gasteiger charge is 2.32. The second kappa shape index (κ2) is 5.00. The van der Waals surface area contributed by atoms with E-state index in [-0.39, 0.29) is 11.8 Å². The van der Waals surface area contributed by atoms with E-state index in [1.807, 2.05) is 12.1 Å². The van der Waals surface area contributed by atoms with E-state index >= 15 is 0 Å². The molecule has 0 saturated carbocycles. The Bertz CT molecular complexity index is 653. The van der Waals surface area contributed by atoms with Gasteiger partial charge in [-0.2, -0.15) is 5.10 Å². The minimum absolute atomic E-state index is 0.00356. The number of carbonyl (C=O) groups is 1. The van der Waals surface area contributed by atoms with Crippen LogP contribution in [-0.2, 0) is 4.79 Å². The number of aromatic nitrogens is 2. The number of nitrogens with zero attached hydrogens (tertiary/aromatic N) is 1. The highest BCUT2D eigenvalue weighted by Crippen LogP contribution is 2.41. The van der Waals surface area contributed by atoms with Gasteiger partial charge in [0.2, 0.25) is 5.91 Å². The van der Waals surface area contributed by atoms with Crippen LogP contribution in [0.1, 0.15) is 38.2 Å². The summed E-state index contributed by atoms with van der Waals surface area (Å²) in [5, 5.41) is 10.0. The molecule has 0 unspecified atom stereocenters. The summed E-state index contributed by atoms with van der Waals surface area (Å²) >= 11 is 0. The number of allylic oxidation sites excluding steroid dienone is 2. The van der Waals surface area contributed by atoms with Crippen LogP contribution in [0.4, 0.5) is 5.82 Å². The summed E-state index contributed by atoms with van der Waals surface area (Å²) < 4.78 is 5.46. The molecule has 5 heteroatoms. The first-order chi connectivity index (χ1) is 9.70. The van der Waals surface area contributed by atoms with Gasteiger partial charge in [-0.05, 0) is 25.5 Å². The van der Waals surface area contributed by atoms with Crippen molar-refractivity contribution in [2.45, 2.75) is 32.6 Å². The first kappa shape index (κ1) is 12.7. The maximum absolute atomic E-state index is 11.8. The van der Waals surface area contributed by atoms with Crippen LogP contribution in [0.15, 0.2) is 34.5 Å². The zero-order chi connectivity index (χ0) is 14.1. The number of hydrogen-bond acceptors (Lipinski definition) is 3. The average Bonchev–Trinajstić information content (AvgIpc) is 3.05. The summed E-state index contributed by atoms with van der Waals surface area (Å²) in [6.07, 6.45) is 5.19. The monoisotopic (exact) mass is 271 g/mol. The van der Waals surface area contributed by atoms with Gasteiger partial charge in [0.05, 0.1) is 6.26 Å². The van der Waals surface area contributed by atoms with Crippen molar-refractivity contribution in [1.82, 2.24) is 10.2 Å². The molecule has 0 saturated heterocycles. The Morgan fingerprint density at radius 1 is 1.60 bits per heavy atom. The lowest BCUT2D eigenvalue weighted by Gasteiger charge is -2.23. The van der Waals surface area contributed by atoms with E-state index in [9.17, 15) is 4.79 Å². The number of carbonyl (C=O) groups excluding carboxylic acids is 1. The lowest BCUT2D eigenvalue weighted by atomic mass is 9.85. The Morgan fingerprint density at radius 2 is 2.45 bits per heavy atom. The molecule has 1 amide bonds. The van der Waals surface area contributed by atoms with Crippen LogP contribution in [-0.4, -0.2) is 16.1 Å². The quantitative estimate of drug-likeness (QED) is 0.840.